The molecule has 2 unspecified atom stereocenters. The van der Waals surface area contributed by atoms with Gasteiger partial charge in [0, 0.05) is 30.4 Å². The molecule has 3 nitrogen and oxygen atoms in total. The Balaban J connectivity index is 1.64. The van der Waals surface area contributed by atoms with E-state index in [2.05, 4.69) is 52.4 Å². The van der Waals surface area contributed by atoms with E-state index >= 15 is 0 Å². The van der Waals surface area contributed by atoms with Gasteiger partial charge >= 0.3 is 0 Å². The second-order valence-electron chi connectivity index (χ2n) is 6.72. The minimum atomic E-state index is 0.472. The molecule has 120 valence electrons. The monoisotopic (exact) mass is 315 g/mol. The lowest BCUT2D eigenvalue weighted by molar-refractivity contribution is 0.0951. The average molecular weight is 315 g/mol. The third kappa shape index (κ3) is 2.86. The Morgan fingerprint density at radius 2 is 2.00 bits per heavy atom. The number of nitrogens with zero attached hydrogens (tertiary/aromatic N) is 3. The van der Waals surface area contributed by atoms with Gasteiger partial charge < -0.3 is 0 Å². The summed E-state index contributed by atoms with van der Waals surface area (Å²) in [5, 5.41) is 9.35. The standard InChI is InChI=1S/C21H21N3/c22-14-21-20(10-5-11-23-21)17-12-18-8-4-9-19(13-17)24(18)15-16-6-2-1-3-7-16/h1-3,5-7,10-12,18-19H,4,8-9,13,15H2. The van der Waals surface area contributed by atoms with Gasteiger partial charge in [0.1, 0.15) is 11.8 Å². The fraction of sp³-hybridized carbons (Fsp3) is 0.333. The van der Waals surface area contributed by atoms with E-state index in [4.69, 9.17) is 0 Å². The Labute approximate surface area is 143 Å². The van der Waals surface area contributed by atoms with Crippen molar-refractivity contribution in [1.29, 1.82) is 5.26 Å². The Hall–Kier alpha value is -2.44. The third-order valence-electron chi connectivity index (χ3n) is 5.25. The number of aromatic nitrogens is 1. The van der Waals surface area contributed by atoms with Gasteiger partial charge in [-0.3, -0.25) is 4.90 Å². The molecule has 3 heterocycles. The molecule has 3 heteroatoms. The summed E-state index contributed by atoms with van der Waals surface area (Å²) in [4.78, 5) is 6.88. The first-order chi connectivity index (χ1) is 11.8. The van der Waals surface area contributed by atoms with Crippen LogP contribution in [0.5, 0.6) is 0 Å². The van der Waals surface area contributed by atoms with Gasteiger partial charge in [0.2, 0.25) is 0 Å². The summed E-state index contributed by atoms with van der Waals surface area (Å²) in [5.74, 6) is 0. The second-order valence-corrected chi connectivity index (χ2v) is 6.72. The number of benzene rings is 1. The quantitative estimate of drug-likeness (QED) is 0.853. The number of nitriles is 1. The fourth-order valence-electron chi connectivity index (χ4n) is 4.11. The van der Waals surface area contributed by atoms with Crippen LogP contribution in [0.4, 0.5) is 0 Å². The Bertz CT molecular complexity index is 788. The van der Waals surface area contributed by atoms with E-state index in [1.165, 1.54) is 30.4 Å². The first-order valence-electron chi connectivity index (χ1n) is 8.71. The molecule has 1 aromatic carbocycles. The Kier molecular flexibility index (Phi) is 4.15. The topological polar surface area (TPSA) is 39.9 Å². The van der Waals surface area contributed by atoms with Crippen molar-refractivity contribution in [3.8, 4) is 6.07 Å². The van der Waals surface area contributed by atoms with Gasteiger partial charge in [-0.15, -0.1) is 0 Å². The number of piperidine rings is 1. The van der Waals surface area contributed by atoms with Crippen LogP contribution in [0.2, 0.25) is 0 Å². The summed E-state index contributed by atoms with van der Waals surface area (Å²) in [6.07, 6.45) is 8.84. The van der Waals surface area contributed by atoms with Crippen LogP contribution in [0, 0.1) is 11.3 Å². The van der Waals surface area contributed by atoms with E-state index in [1.54, 1.807) is 6.20 Å². The van der Waals surface area contributed by atoms with Crippen LogP contribution in [-0.4, -0.2) is 22.0 Å². The van der Waals surface area contributed by atoms with Crippen molar-refractivity contribution in [2.24, 2.45) is 0 Å². The lowest BCUT2D eigenvalue weighted by atomic mass is 9.82. The van der Waals surface area contributed by atoms with Gasteiger partial charge in [0.15, 0.2) is 0 Å². The first-order valence-corrected chi connectivity index (χ1v) is 8.71. The maximum absolute atomic E-state index is 9.35. The average Bonchev–Trinajstić information content (AvgIpc) is 2.62. The normalized spacial score (nSPS) is 23.4. The second kappa shape index (κ2) is 6.59. The highest BCUT2D eigenvalue weighted by atomic mass is 15.2. The molecule has 1 fully saturated rings. The molecular weight excluding hydrogens is 294 g/mol. The SMILES string of the molecule is N#Cc1ncccc1C1=CC2CCCC(C1)N2Cc1ccccc1. The van der Waals surface area contributed by atoms with Gasteiger partial charge in [-0.25, -0.2) is 4.98 Å². The van der Waals surface area contributed by atoms with E-state index < -0.39 is 0 Å². The molecule has 2 atom stereocenters. The van der Waals surface area contributed by atoms with Crippen LogP contribution in [0.3, 0.4) is 0 Å². The number of hydrogen-bond donors (Lipinski definition) is 0. The lowest BCUT2D eigenvalue weighted by Gasteiger charge is -2.45. The van der Waals surface area contributed by atoms with Crippen LogP contribution in [-0.2, 0) is 6.54 Å². The molecular formula is C21H21N3. The van der Waals surface area contributed by atoms with Crippen LogP contribution in [0.15, 0.2) is 54.7 Å². The molecule has 24 heavy (non-hydrogen) atoms. The molecule has 4 rings (SSSR count). The van der Waals surface area contributed by atoms with Crippen molar-refractivity contribution >= 4 is 5.57 Å². The van der Waals surface area contributed by atoms with Gasteiger partial charge in [-0.2, -0.15) is 5.26 Å². The van der Waals surface area contributed by atoms with Crippen LogP contribution < -0.4 is 0 Å². The molecule has 0 N–H and O–H groups in total. The predicted octanol–water partition coefficient (Wildman–Crippen LogP) is 4.16. The number of fused-ring (bicyclic) bond motifs is 2. The van der Waals surface area contributed by atoms with Crippen molar-refractivity contribution in [2.45, 2.75) is 44.3 Å². The predicted molar refractivity (Wildman–Crippen MR) is 95.0 cm³/mol. The lowest BCUT2D eigenvalue weighted by Crippen LogP contribution is -2.47. The molecule has 2 aromatic rings. The highest BCUT2D eigenvalue weighted by Gasteiger charge is 2.34. The zero-order valence-corrected chi connectivity index (χ0v) is 13.7. The molecule has 0 aliphatic carbocycles. The molecule has 1 aromatic heterocycles. The molecule has 2 aliphatic heterocycles. The summed E-state index contributed by atoms with van der Waals surface area (Å²) in [7, 11) is 0. The van der Waals surface area contributed by atoms with E-state index in [0.717, 1.165) is 18.5 Å². The molecule has 0 radical (unpaired) electrons. The highest BCUT2D eigenvalue weighted by molar-refractivity contribution is 5.71. The van der Waals surface area contributed by atoms with Gasteiger partial charge in [0.25, 0.3) is 0 Å². The van der Waals surface area contributed by atoms with E-state index in [9.17, 15) is 5.26 Å². The summed E-state index contributed by atoms with van der Waals surface area (Å²) in [6.45, 7) is 1.01. The highest BCUT2D eigenvalue weighted by Crippen LogP contribution is 2.38. The molecule has 0 saturated carbocycles. The molecule has 2 aliphatic rings. The van der Waals surface area contributed by atoms with Crippen molar-refractivity contribution in [3.63, 3.8) is 0 Å². The summed E-state index contributed by atoms with van der Waals surface area (Å²) < 4.78 is 0. The molecule has 0 spiro atoms. The molecule has 1 saturated heterocycles. The van der Waals surface area contributed by atoms with Crippen molar-refractivity contribution in [2.75, 3.05) is 0 Å². The van der Waals surface area contributed by atoms with Gasteiger partial charge in [-0.05, 0) is 36.5 Å². The smallest absolute Gasteiger partial charge is 0.147 e. The van der Waals surface area contributed by atoms with Gasteiger partial charge in [0.05, 0.1) is 0 Å². The fourth-order valence-corrected chi connectivity index (χ4v) is 4.11. The minimum Gasteiger partial charge on any atom is -0.289 e. The minimum absolute atomic E-state index is 0.472. The third-order valence-corrected chi connectivity index (χ3v) is 5.25. The summed E-state index contributed by atoms with van der Waals surface area (Å²) in [6, 6.07) is 18.0. The largest absolute Gasteiger partial charge is 0.289 e. The number of hydrogen-bond acceptors (Lipinski definition) is 3. The van der Waals surface area contributed by atoms with Crippen LogP contribution >= 0.6 is 0 Å². The maximum Gasteiger partial charge on any atom is 0.147 e. The number of pyridine rings is 1. The van der Waals surface area contributed by atoms with E-state index in [-0.39, 0.29) is 0 Å². The molecule has 0 amide bonds. The first kappa shape index (κ1) is 15.1. The summed E-state index contributed by atoms with van der Waals surface area (Å²) in [5.41, 5.74) is 4.26. The zero-order chi connectivity index (χ0) is 16.4. The number of rotatable bonds is 3. The summed E-state index contributed by atoms with van der Waals surface area (Å²) >= 11 is 0. The van der Waals surface area contributed by atoms with Crippen molar-refractivity contribution in [1.82, 2.24) is 9.88 Å². The Morgan fingerprint density at radius 1 is 1.12 bits per heavy atom. The van der Waals surface area contributed by atoms with Crippen molar-refractivity contribution < 1.29 is 0 Å². The zero-order valence-electron chi connectivity index (χ0n) is 13.7. The van der Waals surface area contributed by atoms with Crippen LogP contribution in [0.25, 0.3) is 5.57 Å². The Morgan fingerprint density at radius 3 is 2.79 bits per heavy atom. The van der Waals surface area contributed by atoms with Crippen LogP contribution in [0.1, 0.15) is 42.5 Å². The maximum atomic E-state index is 9.35. The van der Waals surface area contributed by atoms with E-state index in [1.807, 2.05) is 12.1 Å². The van der Waals surface area contributed by atoms with Crippen molar-refractivity contribution in [3.05, 3.63) is 71.6 Å². The molecule has 2 bridgehead atoms. The van der Waals surface area contributed by atoms with E-state index in [0.29, 0.717) is 17.8 Å². The van der Waals surface area contributed by atoms with Gasteiger partial charge in [-0.1, -0.05) is 48.9 Å².